The number of aromatic nitrogens is 1. The third-order valence-corrected chi connectivity index (χ3v) is 2.37. The monoisotopic (exact) mass is 185 g/mol. The van der Waals surface area contributed by atoms with Crippen LogP contribution < -0.4 is 4.74 Å². The number of hydrogen-bond acceptors (Lipinski definition) is 2. The van der Waals surface area contributed by atoms with Crippen molar-refractivity contribution in [2.45, 2.75) is 20.8 Å². The summed E-state index contributed by atoms with van der Waals surface area (Å²) in [6, 6.07) is 0. The number of aryl methyl sites for hydroxylation is 1. The number of hydrogen-bond donors (Lipinski definition) is 0. The normalized spacial score (nSPS) is 10.1. The highest BCUT2D eigenvalue weighted by molar-refractivity contribution is 6.30. The molecule has 0 N–H and O–H groups in total. The molecule has 0 saturated heterocycles. The van der Waals surface area contributed by atoms with Crippen LogP contribution in [0, 0.1) is 20.8 Å². The number of ether oxygens (including phenoxy) is 1. The zero-order chi connectivity index (χ0) is 9.30. The average Bonchev–Trinajstić information content (AvgIpc) is 2.02. The van der Waals surface area contributed by atoms with Crippen molar-refractivity contribution in [2.75, 3.05) is 7.11 Å². The number of nitrogens with zero attached hydrogens (tertiary/aromatic N) is 1. The fourth-order valence-corrected chi connectivity index (χ4v) is 1.37. The lowest BCUT2D eigenvalue weighted by Crippen LogP contribution is -1.97. The SMILES string of the molecule is COc1c(C)c(C)nc(Cl)c1C. The van der Waals surface area contributed by atoms with Crippen LogP contribution in [-0.4, -0.2) is 12.1 Å². The summed E-state index contributed by atoms with van der Waals surface area (Å²) in [6.07, 6.45) is 0. The Balaban J connectivity index is 3.42. The molecule has 0 atom stereocenters. The molecular formula is C9H12ClNO. The maximum atomic E-state index is 5.88. The zero-order valence-electron chi connectivity index (χ0n) is 7.73. The molecule has 0 bridgehead atoms. The first-order valence-corrected chi connectivity index (χ1v) is 4.13. The van der Waals surface area contributed by atoms with Gasteiger partial charge in [0.05, 0.1) is 7.11 Å². The van der Waals surface area contributed by atoms with E-state index in [1.54, 1.807) is 7.11 Å². The van der Waals surface area contributed by atoms with Crippen LogP contribution in [0.4, 0.5) is 0 Å². The van der Waals surface area contributed by atoms with Crippen LogP contribution in [0.25, 0.3) is 0 Å². The molecule has 0 saturated carbocycles. The van der Waals surface area contributed by atoms with Crippen LogP contribution in [0.5, 0.6) is 5.75 Å². The van der Waals surface area contributed by atoms with Gasteiger partial charge in [-0.15, -0.1) is 0 Å². The molecule has 0 fully saturated rings. The van der Waals surface area contributed by atoms with Crippen LogP contribution in [0.3, 0.4) is 0 Å². The van der Waals surface area contributed by atoms with Crippen molar-refractivity contribution in [1.29, 1.82) is 0 Å². The Labute approximate surface area is 77.5 Å². The number of rotatable bonds is 1. The maximum absolute atomic E-state index is 5.88. The van der Waals surface area contributed by atoms with E-state index in [9.17, 15) is 0 Å². The molecule has 0 spiro atoms. The summed E-state index contributed by atoms with van der Waals surface area (Å²) in [5.41, 5.74) is 2.88. The lowest BCUT2D eigenvalue weighted by molar-refractivity contribution is 0.407. The van der Waals surface area contributed by atoms with Crippen molar-refractivity contribution >= 4 is 11.6 Å². The van der Waals surface area contributed by atoms with Gasteiger partial charge in [-0.25, -0.2) is 4.98 Å². The molecule has 1 rings (SSSR count). The van der Waals surface area contributed by atoms with E-state index in [4.69, 9.17) is 16.3 Å². The van der Waals surface area contributed by atoms with Crippen molar-refractivity contribution < 1.29 is 4.74 Å². The van der Waals surface area contributed by atoms with E-state index in [0.717, 1.165) is 22.6 Å². The molecule has 12 heavy (non-hydrogen) atoms. The topological polar surface area (TPSA) is 22.1 Å². The van der Waals surface area contributed by atoms with Crippen LogP contribution in [0.1, 0.15) is 16.8 Å². The van der Waals surface area contributed by atoms with Gasteiger partial charge in [-0.2, -0.15) is 0 Å². The molecule has 1 aromatic rings. The predicted octanol–water partition coefficient (Wildman–Crippen LogP) is 2.67. The molecule has 1 heterocycles. The van der Waals surface area contributed by atoms with Crippen molar-refractivity contribution in [3.05, 3.63) is 22.0 Å². The Bertz CT molecular complexity index is 284. The largest absolute Gasteiger partial charge is 0.496 e. The van der Waals surface area contributed by atoms with E-state index >= 15 is 0 Å². The molecule has 0 aliphatic carbocycles. The molecule has 0 amide bonds. The highest BCUT2D eigenvalue weighted by Gasteiger charge is 2.10. The number of halogens is 1. The Kier molecular flexibility index (Phi) is 2.58. The lowest BCUT2D eigenvalue weighted by Gasteiger charge is -2.10. The van der Waals surface area contributed by atoms with Crippen molar-refractivity contribution in [2.24, 2.45) is 0 Å². The molecule has 0 unspecified atom stereocenters. The molecule has 0 radical (unpaired) electrons. The minimum atomic E-state index is 0.523. The van der Waals surface area contributed by atoms with E-state index in [-0.39, 0.29) is 0 Å². The van der Waals surface area contributed by atoms with Gasteiger partial charge in [-0.05, 0) is 20.8 Å². The highest BCUT2D eigenvalue weighted by Crippen LogP contribution is 2.28. The van der Waals surface area contributed by atoms with Crippen LogP contribution in [-0.2, 0) is 0 Å². The van der Waals surface area contributed by atoms with Gasteiger partial charge in [0.1, 0.15) is 10.9 Å². The quantitative estimate of drug-likeness (QED) is 0.628. The van der Waals surface area contributed by atoms with Gasteiger partial charge in [0.2, 0.25) is 0 Å². The van der Waals surface area contributed by atoms with E-state index in [1.165, 1.54) is 0 Å². The molecule has 3 heteroatoms. The van der Waals surface area contributed by atoms with E-state index in [0.29, 0.717) is 5.15 Å². The second kappa shape index (κ2) is 3.31. The summed E-state index contributed by atoms with van der Waals surface area (Å²) >= 11 is 5.88. The Morgan fingerprint density at radius 1 is 1.17 bits per heavy atom. The molecule has 2 nitrogen and oxygen atoms in total. The van der Waals surface area contributed by atoms with Crippen LogP contribution >= 0.6 is 11.6 Å². The Hall–Kier alpha value is -0.760. The Morgan fingerprint density at radius 2 is 1.75 bits per heavy atom. The molecular weight excluding hydrogens is 174 g/mol. The number of methoxy groups -OCH3 is 1. The van der Waals surface area contributed by atoms with Gasteiger partial charge in [0.15, 0.2) is 0 Å². The average molecular weight is 186 g/mol. The minimum Gasteiger partial charge on any atom is -0.496 e. The van der Waals surface area contributed by atoms with Gasteiger partial charge < -0.3 is 4.74 Å². The van der Waals surface area contributed by atoms with E-state index < -0.39 is 0 Å². The second-order valence-corrected chi connectivity index (χ2v) is 3.13. The fourth-order valence-electron chi connectivity index (χ4n) is 1.16. The summed E-state index contributed by atoms with van der Waals surface area (Å²) in [5.74, 6) is 0.840. The zero-order valence-corrected chi connectivity index (χ0v) is 8.49. The molecule has 0 aliphatic heterocycles. The molecule has 0 aromatic carbocycles. The first kappa shape index (κ1) is 9.33. The minimum absolute atomic E-state index is 0.523. The van der Waals surface area contributed by atoms with Crippen LogP contribution in [0.15, 0.2) is 0 Å². The van der Waals surface area contributed by atoms with Gasteiger partial charge in [0, 0.05) is 16.8 Å². The summed E-state index contributed by atoms with van der Waals surface area (Å²) in [5, 5.41) is 0.523. The summed E-state index contributed by atoms with van der Waals surface area (Å²) in [4.78, 5) is 4.17. The second-order valence-electron chi connectivity index (χ2n) is 2.77. The maximum Gasteiger partial charge on any atom is 0.135 e. The molecule has 1 aromatic heterocycles. The first-order chi connectivity index (χ1) is 5.57. The lowest BCUT2D eigenvalue weighted by atomic mass is 10.1. The highest BCUT2D eigenvalue weighted by atomic mass is 35.5. The Morgan fingerprint density at radius 3 is 2.25 bits per heavy atom. The van der Waals surface area contributed by atoms with Crippen molar-refractivity contribution in [3.63, 3.8) is 0 Å². The standard InChI is InChI=1S/C9H12ClNO/c1-5-7(3)11-9(10)6(2)8(5)12-4/h1-4H3. The fraction of sp³-hybridized carbons (Fsp3) is 0.444. The van der Waals surface area contributed by atoms with E-state index in [1.807, 2.05) is 20.8 Å². The molecule has 66 valence electrons. The number of pyridine rings is 1. The van der Waals surface area contributed by atoms with Gasteiger partial charge in [0.25, 0.3) is 0 Å². The first-order valence-electron chi connectivity index (χ1n) is 3.75. The van der Waals surface area contributed by atoms with Gasteiger partial charge in [-0.3, -0.25) is 0 Å². The smallest absolute Gasteiger partial charge is 0.135 e. The molecule has 0 aliphatic rings. The van der Waals surface area contributed by atoms with Gasteiger partial charge in [-0.1, -0.05) is 11.6 Å². The van der Waals surface area contributed by atoms with Crippen molar-refractivity contribution in [1.82, 2.24) is 4.98 Å². The summed E-state index contributed by atoms with van der Waals surface area (Å²) in [7, 11) is 1.64. The van der Waals surface area contributed by atoms with Crippen molar-refractivity contribution in [3.8, 4) is 5.75 Å². The van der Waals surface area contributed by atoms with Gasteiger partial charge >= 0.3 is 0 Å². The summed E-state index contributed by atoms with van der Waals surface area (Å²) < 4.78 is 5.21. The summed E-state index contributed by atoms with van der Waals surface area (Å²) in [6.45, 7) is 5.80. The third-order valence-electron chi connectivity index (χ3n) is 2.00. The third kappa shape index (κ3) is 1.39. The van der Waals surface area contributed by atoms with Crippen LogP contribution in [0.2, 0.25) is 5.15 Å². The van der Waals surface area contributed by atoms with E-state index in [2.05, 4.69) is 4.98 Å². The predicted molar refractivity (Wildman–Crippen MR) is 50.0 cm³/mol.